The van der Waals surface area contributed by atoms with Gasteiger partial charge in [0.25, 0.3) is 0 Å². The van der Waals surface area contributed by atoms with E-state index >= 15 is 0 Å². The van der Waals surface area contributed by atoms with Gasteiger partial charge < -0.3 is 5.11 Å². The van der Waals surface area contributed by atoms with Crippen LogP contribution in [0.2, 0.25) is 0 Å². The molecule has 1 aromatic rings. The molecule has 1 rings (SSSR count). The van der Waals surface area contributed by atoms with Gasteiger partial charge in [-0.05, 0) is 18.6 Å². The molecule has 1 N–H and O–H groups in total. The van der Waals surface area contributed by atoms with E-state index in [-0.39, 0.29) is 0 Å². The van der Waals surface area contributed by atoms with Gasteiger partial charge in [0.15, 0.2) is 0 Å². The predicted octanol–water partition coefficient (Wildman–Crippen LogP) is 2.32. The van der Waals surface area contributed by atoms with E-state index in [2.05, 4.69) is 12.8 Å². The van der Waals surface area contributed by atoms with E-state index in [9.17, 15) is 4.79 Å². The fourth-order valence-corrected chi connectivity index (χ4v) is 1.13. The molecule has 0 saturated heterocycles. The van der Waals surface area contributed by atoms with Crippen molar-refractivity contribution in [3.8, 4) is 0 Å². The molecule has 0 atom stereocenters. The van der Waals surface area contributed by atoms with Crippen LogP contribution in [0.1, 0.15) is 5.56 Å². The Morgan fingerprint density at radius 2 is 2.08 bits per heavy atom. The zero-order valence-corrected chi connectivity index (χ0v) is 7.45. The first-order chi connectivity index (χ1) is 5.63. The lowest BCUT2D eigenvalue weighted by molar-refractivity contribution is 0.206. The topological polar surface area (TPSA) is 40.5 Å². The van der Waals surface area contributed by atoms with Crippen molar-refractivity contribution in [1.29, 1.82) is 0 Å². The number of para-hydroxylation sites is 1. The lowest BCUT2D eigenvalue weighted by Gasteiger charge is -2.13. The molecule has 0 aliphatic rings. The summed E-state index contributed by atoms with van der Waals surface area (Å²) in [6.45, 7) is 1.83. The monoisotopic (exact) mass is 183 g/mol. The van der Waals surface area contributed by atoms with Crippen LogP contribution >= 0.6 is 12.8 Å². The minimum atomic E-state index is -1.08. The smallest absolute Gasteiger partial charge is 0.421 e. The Morgan fingerprint density at radius 3 is 2.58 bits per heavy atom. The number of hydrogen-bond acceptors (Lipinski definition) is 2. The third-order valence-corrected chi connectivity index (χ3v) is 1.91. The van der Waals surface area contributed by atoms with Crippen molar-refractivity contribution >= 4 is 24.6 Å². The highest BCUT2D eigenvalue weighted by Gasteiger charge is 2.10. The van der Waals surface area contributed by atoms with E-state index in [1.807, 2.05) is 19.1 Å². The summed E-state index contributed by atoms with van der Waals surface area (Å²) in [4.78, 5) is 10.5. The molecule has 0 radical (unpaired) electrons. The average Bonchev–Trinajstić information content (AvgIpc) is 2.04. The summed E-state index contributed by atoms with van der Waals surface area (Å²) in [6, 6.07) is 7.16. The van der Waals surface area contributed by atoms with Crippen molar-refractivity contribution in [2.24, 2.45) is 0 Å². The van der Waals surface area contributed by atoms with E-state index in [4.69, 9.17) is 5.11 Å². The molecule has 0 bridgehead atoms. The van der Waals surface area contributed by atoms with E-state index in [1.165, 1.54) is 0 Å². The van der Waals surface area contributed by atoms with Gasteiger partial charge in [-0.2, -0.15) is 0 Å². The number of aryl methyl sites for hydroxylation is 1. The number of hydrogen-bond donors (Lipinski definition) is 2. The van der Waals surface area contributed by atoms with Crippen LogP contribution in [0.5, 0.6) is 0 Å². The van der Waals surface area contributed by atoms with Crippen LogP contribution in [0.25, 0.3) is 0 Å². The van der Waals surface area contributed by atoms with Crippen LogP contribution in [0.3, 0.4) is 0 Å². The van der Waals surface area contributed by atoms with Gasteiger partial charge in [-0.15, -0.1) is 0 Å². The zero-order chi connectivity index (χ0) is 9.14. The number of anilines is 1. The highest BCUT2D eigenvalue weighted by molar-refractivity contribution is 7.82. The summed E-state index contributed by atoms with van der Waals surface area (Å²) in [7, 11) is 0. The highest BCUT2D eigenvalue weighted by Crippen LogP contribution is 2.20. The second-order valence-electron chi connectivity index (χ2n) is 2.38. The molecule has 0 spiro atoms. The van der Waals surface area contributed by atoms with Crippen LogP contribution in [0.4, 0.5) is 10.5 Å². The summed E-state index contributed by atoms with van der Waals surface area (Å²) in [5.74, 6) is 0. The number of rotatable bonds is 1. The van der Waals surface area contributed by atoms with Gasteiger partial charge in [-0.1, -0.05) is 31.0 Å². The molecule has 0 aliphatic heterocycles. The molecule has 4 heteroatoms. The van der Waals surface area contributed by atoms with Gasteiger partial charge >= 0.3 is 6.09 Å². The van der Waals surface area contributed by atoms with Crippen molar-refractivity contribution in [2.45, 2.75) is 6.92 Å². The SMILES string of the molecule is Cc1ccccc1N(S)C(=O)O. The van der Waals surface area contributed by atoms with Gasteiger partial charge in [0, 0.05) is 0 Å². The van der Waals surface area contributed by atoms with Crippen molar-refractivity contribution in [3.63, 3.8) is 0 Å². The van der Waals surface area contributed by atoms with Gasteiger partial charge in [0.2, 0.25) is 0 Å². The molecule has 0 saturated carbocycles. The van der Waals surface area contributed by atoms with Crippen molar-refractivity contribution in [2.75, 3.05) is 4.31 Å². The second kappa shape index (κ2) is 3.49. The number of carboxylic acid groups (broad SMARTS) is 1. The number of amides is 1. The summed E-state index contributed by atoms with van der Waals surface area (Å²) >= 11 is 3.82. The summed E-state index contributed by atoms with van der Waals surface area (Å²) in [5, 5.41) is 8.61. The Bertz CT molecular complexity index is 301. The summed E-state index contributed by atoms with van der Waals surface area (Å²) in [6.07, 6.45) is -1.08. The van der Waals surface area contributed by atoms with Crippen LogP contribution in [-0.2, 0) is 0 Å². The second-order valence-corrected chi connectivity index (χ2v) is 2.78. The Balaban J connectivity index is 3.02. The maximum absolute atomic E-state index is 10.5. The maximum atomic E-state index is 10.5. The molecule has 0 heterocycles. The third-order valence-electron chi connectivity index (χ3n) is 1.52. The predicted molar refractivity (Wildman–Crippen MR) is 50.7 cm³/mol. The number of nitrogens with zero attached hydrogens (tertiary/aromatic N) is 1. The molecule has 64 valence electrons. The van der Waals surface area contributed by atoms with E-state index in [1.54, 1.807) is 12.1 Å². The summed E-state index contributed by atoms with van der Waals surface area (Å²) in [5.41, 5.74) is 1.48. The molecule has 0 unspecified atom stereocenters. The van der Waals surface area contributed by atoms with E-state index in [0.717, 1.165) is 9.87 Å². The van der Waals surface area contributed by atoms with E-state index in [0.29, 0.717) is 5.69 Å². The molecule has 1 aromatic carbocycles. The van der Waals surface area contributed by atoms with Crippen LogP contribution < -0.4 is 4.31 Å². The third kappa shape index (κ3) is 1.71. The van der Waals surface area contributed by atoms with Crippen molar-refractivity contribution in [3.05, 3.63) is 29.8 Å². The first kappa shape index (κ1) is 8.93. The molecule has 0 fully saturated rings. The lowest BCUT2D eigenvalue weighted by Crippen LogP contribution is -2.18. The molecular formula is C8H9NO2S. The normalized spacial score (nSPS) is 9.50. The van der Waals surface area contributed by atoms with Crippen LogP contribution in [0.15, 0.2) is 24.3 Å². The minimum absolute atomic E-state index is 0.591. The summed E-state index contributed by atoms with van der Waals surface area (Å²) < 4.78 is 0.898. The number of benzene rings is 1. The van der Waals surface area contributed by atoms with Crippen LogP contribution in [-0.4, -0.2) is 11.2 Å². The number of thiol groups is 1. The lowest BCUT2D eigenvalue weighted by atomic mass is 10.2. The average molecular weight is 183 g/mol. The quantitative estimate of drug-likeness (QED) is 0.656. The maximum Gasteiger partial charge on any atom is 0.421 e. The van der Waals surface area contributed by atoms with Crippen molar-refractivity contribution in [1.82, 2.24) is 0 Å². The molecular weight excluding hydrogens is 174 g/mol. The standard InChI is InChI=1S/C8H9NO2S/c1-6-4-2-3-5-7(6)9(12)8(10)11/h2-5,12H,1H3,(H,10,11). The van der Waals surface area contributed by atoms with Crippen LogP contribution in [0, 0.1) is 6.92 Å². The first-order valence-electron chi connectivity index (χ1n) is 3.40. The van der Waals surface area contributed by atoms with Crippen molar-refractivity contribution < 1.29 is 9.90 Å². The molecule has 1 amide bonds. The Kier molecular flexibility index (Phi) is 2.60. The van der Waals surface area contributed by atoms with E-state index < -0.39 is 6.09 Å². The highest BCUT2D eigenvalue weighted by atomic mass is 32.1. The molecule has 3 nitrogen and oxygen atoms in total. The largest absolute Gasteiger partial charge is 0.464 e. The Morgan fingerprint density at radius 1 is 1.50 bits per heavy atom. The van der Waals surface area contributed by atoms with Gasteiger partial charge in [0.1, 0.15) is 0 Å². The molecule has 0 aromatic heterocycles. The fourth-order valence-electron chi connectivity index (χ4n) is 0.904. The molecule has 0 aliphatic carbocycles. The Labute approximate surface area is 76.2 Å². The Hall–Kier alpha value is -1.16. The molecule has 12 heavy (non-hydrogen) atoms. The van der Waals surface area contributed by atoms with Gasteiger partial charge in [-0.3, -0.25) is 0 Å². The zero-order valence-electron chi connectivity index (χ0n) is 6.56. The van der Waals surface area contributed by atoms with Gasteiger partial charge in [0.05, 0.1) is 5.69 Å². The minimum Gasteiger partial charge on any atom is -0.464 e. The fraction of sp³-hybridized carbons (Fsp3) is 0.125. The number of carbonyl (C=O) groups is 1. The first-order valence-corrected chi connectivity index (χ1v) is 3.80. The van der Waals surface area contributed by atoms with Gasteiger partial charge in [-0.25, -0.2) is 9.10 Å².